The number of aldehydes is 1. The highest BCUT2D eigenvalue weighted by Gasteiger charge is 2.41. The average molecular weight is 304 g/mol. The number of rotatable bonds is 4. The van der Waals surface area contributed by atoms with Crippen molar-refractivity contribution >= 4 is 23.7 Å². The molecule has 0 radical (unpaired) electrons. The van der Waals surface area contributed by atoms with Gasteiger partial charge in [-0.1, -0.05) is 19.8 Å². The number of anilines is 3. The van der Waals surface area contributed by atoms with Crippen molar-refractivity contribution in [3.05, 3.63) is 6.20 Å². The van der Waals surface area contributed by atoms with Crippen molar-refractivity contribution in [1.82, 2.24) is 9.97 Å². The van der Waals surface area contributed by atoms with Crippen LogP contribution in [0.25, 0.3) is 0 Å². The SMILES string of the molecule is CCC1C(C=O)N(C)c2cnc(NN)nc2N1C1CCCC1. The van der Waals surface area contributed by atoms with Crippen molar-refractivity contribution in [2.45, 2.75) is 57.2 Å². The number of hydrogen-bond acceptors (Lipinski definition) is 7. The normalized spacial score (nSPS) is 25.2. The van der Waals surface area contributed by atoms with Gasteiger partial charge in [-0.2, -0.15) is 4.98 Å². The number of aromatic nitrogens is 2. The molecule has 1 aromatic heterocycles. The molecule has 2 atom stereocenters. The van der Waals surface area contributed by atoms with Crippen molar-refractivity contribution in [2.75, 3.05) is 22.3 Å². The smallest absolute Gasteiger partial charge is 0.239 e. The molecule has 7 heteroatoms. The molecular formula is C15H24N6O. The lowest BCUT2D eigenvalue weighted by Gasteiger charge is -2.48. The van der Waals surface area contributed by atoms with Gasteiger partial charge in [0.25, 0.3) is 0 Å². The summed E-state index contributed by atoms with van der Waals surface area (Å²) in [5.74, 6) is 6.78. The molecule has 2 aliphatic rings. The molecule has 2 heterocycles. The molecule has 2 unspecified atom stereocenters. The van der Waals surface area contributed by atoms with E-state index in [-0.39, 0.29) is 12.1 Å². The zero-order valence-corrected chi connectivity index (χ0v) is 13.2. The molecule has 1 saturated carbocycles. The van der Waals surface area contributed by atoms with Crippen LogP contribution < -0.4 is 21.1 Å². The molecule has 3 rings (SSSR count). The highest BCUT2D eigenvalue weighted by atomic mass is 16.1. The molecule has 3 N–H and O–H groups in total. The first-order chi connectivity index (χ1) is 10.7. The van der Waals surface area contributed by atoms with Crippen LogP contribution in [-0.4, -0.2) is 41.4 Å². The van der Waals surface area contributed by atoms with E-state index in [0.29, 0.717) is 12.0 Å². The number of hydrogen-bond donors (Lipinski definition) is 2. The molecule has 1 aliphatic heterocycles. The predicted molar refractivity (Wildman–Crippen MR) is 86.9 cm³/mol. The Bertz CT molecular complexity index is 545. The molecule has 0 aromatic carbocycles. The first-order valence-corrected chi connectivity index (χ1v) is 8.01. The number of likely N-dealkylation sites (N-methyl/N-ethyl adjacent to an activating group) is 1. The number of hydrazine groups is 1. The van der Waals surface area contributed by atoms with Gasteiger partial charge in [0.1, 0.15) is 12.3 Å². The molecule has 0 saturated heterocycles. The number of fused-ring (bicyclic) bond motifs is 1. The summed E-state index contributed by atoms with van der Waals surface area (Å²) >= 11 is 0. The van der Waals surface area contributed by atoms with Gasteiger partial charge in [-0.05, 0) is 19.3 Å². The van der Waals surface area contributed by atoms with Gasteiger partial charge in [-0.25, -0.2) is 10.8 Å². The third-order valence-corrected chi connectivity index (χ3v) is 4.98. The second-order valence-corrected chi connectivity index (χ2v) is 6.11. The fourth-order valence-electron chi connectivity index (χ4n) is 3.86. The molecule has 1 aromatic rings. The van der Waals surface area contributed by atoms with Crippen molar-refractivity contribution in [2.24, 2.45) is 5.84 Å². The van der Waals surface area contributed by atoms with E-state index in [2.05, 4.69) is 27.2 Å². The Labute approximate surface area is 130 Å². The van der Waals surface area contributed by atoms with Gasteiger partial charge >= 0.3 is 0 Å². The second-order valence-electron chi connectivity index (χ2n) is 6.11. The molecule has 22 heavy (non-hydrogen) atoms. The van der Waals surface area contributed by atoms with Crippen molar-refractivity contribution < 1.29 is 4.79 Å². The summed E-state index contributed by atoms with van der Waals surface area (Å²) in [4.78, 5) is 24.8. The van der Waals surface area contributed by atoms with Crippen LogP contribution in [0, 0.1) is 0 Å². The summed E-state index contributed by atoms with van der Waals surface area (Å²) in [5, 5.41) is 0. The highest BCUT2D eigenvalue weighted by Crippen LogP contribution is 2.41. The van der Waals surface area contributed by atoms with E-state index < -0.39 is 0 Å². The minimum absolute atomic E-state index is 0.138. The predicted octanol–water partition coefficient (Wildman–Crippen LogP) is 1.31. The van der Waals surface area contributed by atoms with E-state index in [1.165, 1.54) is 12.8 Å². The van der Waals surface area contributed by atoms with Gasteiger partial charge in [0.15, 0.2) is 5.82 Å². The Hall–Kier alpha value is -1.89. The fraction of sp³-hybridized carbons (Fsp3) is 0.667. The molecule has 7 nitrogen and oxygen atoms in total. The summed E-state index contributed by atoms with van der Waals surface area (Å²) < 4.78 is 0. The van der Waals surface area contributed by atoms with Crippen LogP contribution in [0.15, 0.2) is 6.20 Å². The van der Waals surface area contributed by atoms with Gasteiger partial charge in [0.2, 0.25) is 5.95 Å². The van der Waals surface area contributed by atoms with Crippen molar-refractivity contribution in [3.63, 3.8) is 0 Å². The summed E-state index contributed by atoms with van der Waals surface area (Å²) in [5.41, 5.74) is 3.42. The molecule has 1 fully saturated rings. The van der Waals surface area contributed by atoms with Gasteiger partial charge in [-0.15, -0.1) is 0 Å². The Morgan fingerprint density at radius 3 is 2.77 bits per heavy atom. The van der Waals surface area contributed by atoms with E-state index in [1.54, 1.807) is 6.20 Å². The number of carbonyl (C=O) groups is 1. The summed E-state index contributed by atoms with van der Waals surface area (Å²) in [6.07, 6.45) is 8.49. The molecular weight excluding hydrogens is 280 g/mol. The highest BCUT2D eigenvalue weighted by molar-refractivity contribution is 5.79. The maximum absolute atomic E-state index is 11.7. The topological polar surface area (TPSA) is 87.4 Å². The lowest BCUT2D eigenvalue weighted by Crippen LogP contribution is -2.58. The minimum Gasteiger partial charge on any atom is -0.359 e. The van der Waals surface area contributed by atoms with E-state index >= 15 is 0 Å². The zero-order valence-electron chi connectivity index (χ0n) is 13.2. The quantitative estimate of drug-likeness (QED) is 0.492. The maximum Gasteiger partial charge on any atom is 0.239 e. The molecule has 1 aliphatic carbocycles. The second kappa shape index (κ2) is 6.08. The van der Waals surface area contributed by atoms with E-state index in [0.717, 1.165) is 37.1 Å². The lowest BCUT2D eigenvalue weighted by atomic mass is 9.97. The van der Waals surface area contributed by atoms with E-state index in [9.17, 15) is 4.79 Å². The number of nitrogens with two attached hydrogens (primary N) is 1. The van der Waals surface area contributed by atoms with Crippen LogP contribution >= 0.6 is 0 Å². The van der Waals surface area contributed by atoms with Gasteiger partial charge in [-0.3, -0.25) is 5.43 Å². The van der Waals surface area contributed by atoms with Crippen LogP contribution in [0.2, 0.25) is 0 Å². The number of nitrogens with one attached hydrogen (secondary N) is 1. The lowest BCUT2D eigenvalue weighted by molar-refractivity contribution is -0.109. The Kier molecular flexibility index (Phi) is 4.15. The first kappa shape index (κ1) is 15.0. The van der Waals surface area contributed by atoms with Crippen LogP contribution in [0.3, 0.4) is 0 Å². The number of nitrogen functional groups attached to an aromatic ring is 1. The van der Waals surface area contributed by atoms with Crippen LogP contribution in [-0.2, 0) is 4.79 Å². The molecule has 0 amide bonds. The van der Waals surface area contributed by atoms with Crippen molar-refractivity contribution in [3.8, 4) is 0 Å². The van der Waals surface area contributed by atoms with Crippen LogP contribution in [0.1, 0.15) is 39.0 Å². The number of carbonyl (C=O) groups excluding carboxylic acids is 1. The van der Waals surface area contributed by atoms with E-state index in [4.69, 9.17) is 5.84 Å². The van der Waals surface area contributed by atoms with E-state index in [1.807, 2.05) is 11.9 Å². The largest absolute Gasteiger partial charge is 0.359 e. The third kappa shape index (κ3) is 2.29. The molecule has 0 spiro atoms. The summed E-state index contributed by atoms with van der Waals surface area (Å²) in [6.45, 7) is 2.13. The van der Waals surface area contributed by atoms with Crippen molar-refractivity contribution in [1.29, 1.82) is 0 Å². The monoisotopic (exact) mass is 304 g/mol. The average Bonchev–Trinajstić information content (AvgIpc) is 3.07. The number of nitrogens with zero attached hydrogens (tertiary/aromatic N) is 4. The Morgan fingerprint density at radius 2 is 2.18 bits per heavy atom. The Balaban J connectivity index is 2.11. The van der Waals surface area contributed by atoms with Gasteiger partial charge in [0, 0.05) is 13.1 Å². The van der Waals surface area contributed by atoms with Gasteiger partial charge in [0.05, 0.1) is 17.9 Å². The van der Waals surface area contributed by atoms with Crippen LogP contribution in [0.4, 0.5) is 17.5 Å². The van der Waals surface area contributed by atoms with Crippen LogP contribution in [0.5, 0.6) is 0 Å². The summed E-state index contributed by atoms with van der Waals surface area (Å²) in [7, 11) is 1.94. The molecule has 0 bridgehead atoms. The zero-order chi connectivity index (χ0) is 15.7. The molecule has 120 valence electrons. The van der Waals surface area contributed by atoms with Gasteiger partial charge < -0.3 is 14.6 Å². The summed E-state index contributed by atoms with van der Waals surface area (Å²) in [6, 6.07) is 0.414. The third-order valence-electron chi connectivity index (χ3n) is 4.98. The first-order valence-electron chi connectivity index (χ1n) is 8.01. The maximum atomic E-state index is 11.7. The Morgan fingerprint density at radius 1 is 1.45 bits per heavy atom. The minimum atomic E-state index is -0.168. The standard InChI is InChI=1S/C15H24N6O/c1-3-11-13(9-22)20(2)12-8-17-15(19-16)18-14(12)21(11)10-6-4-5-7-10/h8-11,13H,3-7,16H2,1-2H3,(H,17,18,19). The fourth-order valence-corrected chi connectivity index (χ4v) is 3.86.